The lowest BCUT2D eigenvalue weighted by molar-refractivity contribution is -0.139. The summed E-state index contributed by atoms with van der Waals surface area (Å²) in [4.78, 5) is 15.1. The van der Waals surface area contributed by atoms with Crippen molar-refractivity contribution < 1.29 is 4.79 Å². The zero-order valence-corrected chi connectivity index (χ0v) is 13.5. The van der Waals surface area contributed by atoms with E-state index < -0.39 is 0 Å². The highest BCUT2D eigenvalue weighted by molar-refractivity contribution is 5.86. The van der Waals surface area contributed by atoms with E-state index in [4.69, 9.17) is 0 Å². The van der Waals surface area contributed by atoms with Gasteiger partial charge in [-0.15, -0.1) is 0 Å². The van der Waals surface area contributed by atoms with E-state index in [1.54, 1.807) is 0 Å². The fourth-order valence-corrected chi connectivity index (χ4v) is 3.16. The quantitative estimate of drug-likeness (QED) is 0.769. The number of hydrogen-bond acceptors (Lipinski definition) is 2. The molecule has 1 unspecified atom stereocenters. The van der Waals surface area contributed by atoms with Crippen molar-refractivity contribution in [2.75, 3.05) is 19.6 Å². The van der Waals surface area contributed by atoms with Crippen molar-refractivity contribution in [1.82, 2.24) is 10.2 Å². The van der Waals surface area contributed by atoms with Gasteiger partial charge >= 0.3 is 0 Å². The van der Waals surface area contributed by atoms with Crippen molar-refractivity contribution in [3.8, 4) is 0 Å². The van der Waals surface area contributed by atoms with Crippen LogP contribution in [0.4, 0.5) is 0 Å². The molecule has 0 aliphatic carbocycles. The van der Waals surface area contributed by atoms with Crippen molar-refractivity contribution in [2.24, 2.45) is 11.8 Å². The van der Waals surface area contributed by atoms with E-state index in [9.17, 15) is 4.79 Å². The molecule has 0 aromatic carbocycles. The number of amides is 1. The van der Waals surface area contributed by atoms with Gasteiger partial charge < -0.3 is 10.2 Å². The van der Waals surface area contributed by atoms with Crippen LogP contribution in [0.15, 0.2) is 0 Å². The summed E-state index contributed by atoms with van der Waals surface area (Å²) in [5.41, 5.74) is -0.265. The minimum atomic E-state index is -0.265. The zero-order chi connectivity index (χ0) is 14.5. The first-order valence-corrected chi connectivity index (χ1v) is 7.95. The molecule has 3 heteroatoms. The fraction of sp³-hybridized carbons (Fsp3) is 0.938. The molecule has 0 bridgehead atoms. The molecule has 1 N–H and O–H groups in total. The second-order valence-corrected chi connectivity index (χ2v) is 6.86. The Bertz CT molecular complexity index is 270. The Kier molecular flexibility index (Phi) is 6.31. The van der Waals surface area contributed by atoms with Gasteiger partial charge in [0, 0.05) is 13.1 Å². The van der Waals surface area contributed by atoms with Gasteiger partial charge in [-0.05, 0) is 37.6 Å². The Morgan fingerprint density at radius 1 is 1.21 bits per heavy atom. The molecule has 3 nitrogen and oxygen atoms in total. The SMILES string of the molecule is CCCC1(C(=O)N(CC(C)C)CC(C)C)CCCN1. The minimum absolute atomic E-state index is 0.265. The van der Waals surface area contributed by atoms with Crippen molar-refractivity contribution in [2.45, 2.75) is 65.8 Å². The Morgan fingerprint density at radius 2 is 1.79 bits per heavy atom. The molecule has 0 radical (unpaired) electrons. The Balaban J connectivity index is 2.82. The third-order valence-corrected chi connectivity index (χ3v) is 3.79. The van der Waals surface area contributed by atoms with Crippen LogP contribution in [-0.2, 0) is 4.79 Å². The van der Waals surface area contributed by atoms with Crippen LogP contribution in [0, 0.1) is 11.8 Å². The van der Waals surface area contributed by atoms with Crippen LogP contribution in [0.1, 0.15) is 60.3 Å². The highest BCUT2D eigenvalue weighted by atomic mass is 16.2. The zero-order valence-electron chi connectivity index (χ0n) is 13.5. The summed E-state index contributed by atoms with van der Waals surface area (Å²) in [6.07, 6.45) is 4.17. The maximum atomic E-state index is 13.0. The largest absolute Gasteiger partial charge is 0.341 e. The Labute approximate surface area is 119 Å². The standard InChI is InChI=1S/C16H32N2O/c1-6-8-16(9-7-10-17-16)15(19)18(11-13(2)3)12-14(4)5/h13-14,17H,6-12H2,1-5H3. The third kappa shape index (κ3) is 4.48. The van der Waals surface area contributed by atoms with Gasteiger partial charge in [0.25, 0.3) is 0 Å². The summed E-state index contributed by atoms with van der Waals surface area (Å²) >= 11 is 0. The van der Waals surface area contributed by atoms with Gasteiger partial charge in [0.2, 0.25) is 5.91 Å². The molecule has 0 spiro atoms. The van der Waals surface area contributed by atoms with Gasteiger partial charge in [-0.2, -0.15) is 0 Å². The van der Waals surface area contributed by atoms with Crippen LogP contribution in [0.5, 0.6) is 0 Å². The average molecular weight is 268 g/mol. The van der Waals surface area contributed by atoms with E-state index in [1.165, 1.54) is 0 Å². The maximum Gasteiger partial charge on any atom is 0.242 e. The van der Waals surface area contributed by atoms with Gasteiger partial charge in [0.15, 0.2) is 0 Å². The molecule has 0 saturated carbocycles. The Hall–Kier alpha value is -0.570. The fourth-order valence-electron chi connectivity index (χ4n) is 3.16. The van der Waals surface area contributed by atoms with Crippen molar-refractivity contribution in [3.05, 3.63) is 0 Å². The number of nitrogens with one attached hydrogen (secondary N) is 1. The summed E-state index contributed by atoms with van der Waals surface area (Å²) in [6.45, 7) is 13.7. The maximum absolute atomic E-state index is 13.0. The van der Waals surface area contributed by atoms with Gasteiger partial charge in [-0.1, -0.05) is 41.0 Å². The van der Waals surface area contributed by atoms with Crippen LogP contribution >= 0.6 is 0 Å². The minimum Gasteiger partial charge on any atom is -0.341 e. The normalized spacial score (nSPS) is 23.3. The topological polar surface area (TPSA) is 32.3 Å². The molecular formula is C16H32N2O. The molecule has 0 aromatic rings. The Morgan fingerprint density at radius 3 is 2.16 bits per heavy atom. The van der Waals surface area contributed by atoms with Crippen LogP contribution in [-0.4, -0.2) is 36.0 Å². The number of hydrogen-bond donors (Lipinski definition) is 1. The molecule has 1 rings (SSSR count). The average Bonchev–Trinajstić information content (AvgIpc) is 2.76. The molecule has 1 saturated heterocycles. The van der Waals surface area contributed by atoms with Gasteiger partial charge in [-0.25, -0.2) is 0 Å². The monoisotopic (exact) mass is 268 g/mol. The van der Waals surface area contributed by atoms with E-state index in [0.717, 1.165) is 45.3 Å². The molecule has 1 fully saturated rings. The van der Waals surface area contributed by atoms with Crippen molar-refractivity contribution in [3.63, 3.8) is 0 Å². The smallest absolute Gasteiger partial charge is 0.242 e. The summed E-state index contributed by atoms with van der Waals surface area (Å²) < 4.78 is 0. The van der Waals surface area contributed by atoms with E-state index >= 15 is 0 Å². The lowest BCUT2D eigenvalue weighted by atomic mass is 9.89. The van der Waals surface area contributed by atoms with Crippen LogP contribution in [0.2, 0.25) is 0 Å². The first-order chi connectivity index (χ1) is 8.91. The second-order valence-electron chi connectivity index (χ2n) is 6.86. The molecule has 1 aliphatic heterocycles. The van der Waals surface area contributed by atoms with E-state index in [0.29, 0.717) is 17.7 Å². The van der Waals surface area contributed by atoms with Crippen LogP contribution in [0.3, 0.4) is 0 Å². The van der Waals surface area contributed by atoms with Gasteiger partial charge in [-0.3, -0.25) is 4.79 Å². The summed E-state index contributed by atoms with van der Waals surface area (Å²) in [5, 5.41) is 3.51. The predicted octanol–water partition coefficient (Wildman–Crippen LogP) is 3.05. The third-order valence-electron chi connectivity index (χ3n) is 3.79. The predicted molar refractivity (Wildman–Crippen MR) is 81.1 cm³/mol. The van der Waals surface area contributed by atoms with Crippen LogP contribution < -0.4 is 5.32 Å². The van der Waals surface area contributed by atoms with Gasteiger partial charge in [0.1, 0.15) is 0 Å². The molecule has 1 amide bonds. The number of rotatable bonds is 7. The lowest BCUT2D eigenvalue weighted by Gasteiger charge is -2.36. The van der Waals surface area contributed by atoms with Gasteiger partial charge in [0.05, 0.1) is 5.54 Å². The van der Waals surface area contributed by atoms with Crippen LogP contribution in [0.25, 0.3) is 0 Å². The summed E-state index contributed by atoms with van der Waals surface area (Å²) in [5.74, 6) is 1.40. The number of carbonyl (C=O) groups is 1. The van der Waals surface area contributed by atoms with E-state index in [1.807, 2.05) is 0 Å². The van der Waals surface area contributed by atoms with Crippen molar-refractivity contribution >= 4 is 5.91 Å². The summed E-state index contributed by atoms with van der Waals surface area (Å²) in [6, 6.07) is 0. The molecule has 19 heavy (non-hydrogen) atoms. The number of carbonyl (C=O) groups excluding carboxylic acids is 1. The first-order valence-electron chi connectivity index (χ1n) is 7.95. The summed E-state index contributed by atoms with van der Waals surface area (Å²) in [7, 11) is 0. The molecule has 1 atom stereocenters. The number of nitrogens with zero attached hydrogens (tertiary/aromatic N) is 1. The molecule has 1 heterocycles. The molecular weight excluding hydrogens is 236 g/mol. The first kappa shape index (κ1) is 16.5. The molecule has 0 aromatic heterocycles. The second kappa shape index (κ2) is 7.28. The van der Waals surface area contributed by atoms with E-state index in [-0.39, 0.29) is 5.54 Å². The van der Waals surface area contributed by atoms with E-state index in [2.05, 4.69) is 44.8 Å². The molecule has 1 aliphatic rings. The lowest BCUT2D eigenvalue weighted by Crippen LogP contribution is -2.56. The van der Waals surface area contributed by atoms with Crippen molar-refractivity contribution in [1.29, 1.82) is 0 Å². The highest BCUT2D eigenvalue weighted by Crippen LogP contribution is 2.27. The highest BCUT2D eigenvalue weighted by Gasteiger charge is 2.42. The molecule has 112 valence electrons.